The maximum atomic E-state index is 10.9. The molecular formula is C12H10N2O3. The first kappa shape index (κ1) is 11.1. The van der Waals surface area contributed by atoms with Crippen molar-refractivity contribution in [2.24, 2.45) is 0 Å². The molecule has 0 amide bonds. The third-order valence-electron chi connectivity index (χ3n) is 2.34. The van der Waals surface area contributed by atoms with E-state index in [0.29, 0.717) is 35.1 Å². The Bertz CT molecular complexity index is 561. The molecule has 1 heterocycles. The van der Waals surface area contributed by atoms with Gasteiger partial charge in [0.1, 0.15) is 5.75 Å². The molecule has 0 unspecified atom stereocenters. The van der Waals surface area contributed by atoms with Gasteiger partial charge in [0, 0.05) is 6.20 Å². The first-order valence-electron chi connectivity index (χ1n) is 4.92. The normalized spacial score (nSPS) is 9.94. The molecule has 0 aliphatic heterocycles. The Balaban J connectivity index is 2.45. The summed E-state index contributed by atoms with van der Waals surface area (Å²) in [6.45, 7) is 0. The van der Waals surface area contributed by atoms with E-state index in [1.165, 1.54) is 18.0 Å². The van der Waals surface area contributed by atoms with Crippen molar-refractivity contribution in [2.45, 2.75) is 0 Å². The summed E-state index contributed by atoms with van der Waals surface area (Å²) in [4.78, 5) is 21.4. The highest BCUT2D eigenvalue weighted by molar-refractivity contribution is 5.80. The van der Waals surface area contributed by atoms with Crippen LogP contribution in [0.2, 0.25) is 0 Å². The van der Waals surface area contributed by atoms with Crippen molar-refractivity contribution < 1.29 is 14.3 Å². The van der Waals surface area contributed by atoms with Crippen LogP contribution >= 0.6 is 0 Å². The standard InChI is InChI=1S/C12H10N2O3/c1-17-12-3-2-11(4-10(12)8-16)14-6-9(7-15)5-13-14/h2-8H,1H3. The van der Waals surface area contributed by atoms with Gasteiger partial charge in [-0.3, -0.25) is 9.59 Å². The highest BCUT2D eigenvalue weighted by Crippen LogP contribution is 2.20. The van der Waals surface area contributed by atoms with Gasteiger partial charge in [-0.2, -0.15) is 5.10 Å². The minimum absolute atomic E-state index is 0.438. The molecule has 0 atom stereocenters. The van der Waals surface area contributed by atoms with E-state index in [1.54, 1.807) is 24.4 Å². The van der Waals surface area contributed by atoms with Crippen molar-refractivity contribution in [3.63, 3.8) is 0 Å². The molecule has 1 aromatic carbocycles. The highest BCUT2D eigenvalue weighted by Gasteiger charge is 2.05. The summed E-state index contributed by atoms with van der Waals surface area (Å²) in [7, 11) is 1.50. The summed E-state index contributed by atoms with van der Waals surface area (Å²) in [6, 6.07) is 5.09. The lowest BCUT2D eigenvalue weighted by atomic mass is 10.2. The predicted molar refractivity (Wildman–Crippen MR) is 60.9 cm³/mol. The molecule has 0 radical (unpaired) electrons. The number of carbonyl (C=O) groups is 2. The molecule has 5 heteroatoms. The zero-order valence-corrected chi connectivity index (χ0v) is 9.16. The van der Waals surface area contributed by atoms with Crippen LogP contribution in [0.15, 0.2) is 30.6 Å². The largest absolute Gasteiger partial charge is 0.496 e. The molecule has 0 saturated carbocycles. The van der Waals surface area contributed by atoms with Crippen LogP contribution in [0.1, 0.15) is 20.7 Å². The number of nitrogens with zero attached hydrogens (tertiary/aromatic N) is 2. The quantitative estimate of drug-likeness (QED) is 0.747. The van der Waals surface area contributed by atoms with Crippen molar-refractivity contribution >= 4 is 12.6 Å². The lowest BCUT2D eigenvalue weighted by Crippen LogP contribution is -1.97. The lowest BCUT2D eigenvalue weighted by molar-refractivity contribution is 0.111. The fraction of sp³-hybridized carbons (Fsp3) is 0.0833. The van der Waals surface area contributed by atoms with Gasteiger partial charge in [-0.25, -0.2) is 4.68 Å². The second-order valence-corrected chi connectivity index (χ2v) is 3.38. The molecule has 0 aliphatic carbocycles. The van der Waals surface area contributed by atoms with E-state index in [4.69, 9.17) is 4.74 Å². The minimum atomic E-state index is 0.438. The van der Waals surface area contributed by atoms with Gasteiger partial charge in [-0.05, 0) is 18.2 Å². The number of benzene rings is 1. The Morgan fingerprint density at radius 1 is 1.29 bits per heavy atom. The molecular weight excluding hydrogens is 220 g/mol. The van der Waals surface area contributed by atoms with Gasteiger partial charge in [0.2, 0.25) is 0 Å². The second kappa shape index (κ2) is 4.61. The molecule has 2 rings (SSSR count). The molecule has 0 N–H and O–H groups in total. The Morgan fingerprint density at radius 3 is 2.71 bits per heavy atom. The van der Waals surface area contributed by atoms with Crippen LogP contribution in [-0.2, 0) is 0 Å². The number of hydrogen-bond acceptors (Lipinski definition) is 4. The number of ether oxygens (including phenoxy) is 1. The van der Waals surface area contributed by atoms with Crippen LogP contribution < -0.4 is 4.74 Å². The van der Waals surface area contributed by atoms with Gasteiger partial charge >= 0.3 is 0 Å². The molecule has 1 aromatic heterocycles. The fourth-order valence-electron chi connectivity index (χ4n) is 1.50. The number of rotatable bonds is 4. The summed E-state index contributed by atoms with van der Waals surface area (Å²) >= 11 is 0. The van der Waals surface area contributed by atoms with E-state index < -0.39 is 0 Å². The van der Waals surface area contributed by atoms with Crippen LogP contribution in [-0.4, -0.2) is 29.5 Å². The zero-order valence-electron chi connectivity index (χ0n) is 9.16. The molecule has 0 fully saturated rings. The van der Waals surface area contributed by atoms with Gasteiger partial charge in [-0.15, -0.1) is 0 Å². The zero-order chi connectivity index (χ0) is 12.3. The molecule has 0 aliphatic rings. The maximum absolute atomic E-state index is 10.9. The predicted octanol–water partition coefficient (Wildman–Crippen LogP) is 1.51. The number of aromatic nitrogens is 2. The Labute approximate surface area is 97.6 Å². The van der Waals surface area contributed by atoms with Crippen LogP contribution in [0.25, 0.3) is 5.69 Å². The fourth-order valence-corrected chi connectivity index (χ4v) is 1.50. The summed E-state index contributed by atoms with van der Waals surface area (Å²) in [5, 5.41) is 4.02. The van der Waals surface area contributed by atoms with Crippen LogP contribution in [0.5, 0.6) is 5.75 Å². The minimum Gasteiger partial charge on any atom is -0.496 e. The molecule has 0 bridgehead atoms. The topological polar surface area (TPSA) is 61.2 Å². The monoisotopic (exact) mass is 230 g/mol. The molecule has 17 heavy (non-hydrogen) atoms. The lowest BCUT2D eigenvalue weighted by Gasteiger charge is -2.06. The van der Waals surface area contributed by atoms with Gasteiger partial charge in [-0.1, -0.05) is 0 Å². The van der Waals surface area contributed by atoms with Crippen molar-refractivity contribution in [3.8, 4) is 11.4 Å². The van der Waals surface area contributed by atoms with E-state index >= 15 is 0 Å². The smallest absolute Gasteiger partial charge is 0.153 e. The van der Waals surface area contributed by atoms with E-state index in [-0.39, 0.29) is 0 Å². The second-order valence-electron chi connectivity index (χ2n) is 3.38. The van der Waals surface area contributed by atoms with Gasteiger partial charge in [0.05, 0.1) is 30.1 Å². The van der Waals surface area contributed by atoms with Crippen molar-refractivity contribution in [3.05, 3.63) is 41.7 Å². The first-order valence-corrected chi connectivity index (χ1v) is 4.92. The summed E-state index contributed by atoms with van der Waals surface area (Å²) in [5.74, 6) is 0.506. The van der Waals surface area contributed by atoms with Crippen LogP contribution in [0.4, 0.5) is 0 Å². The van der Waals surface area contributed by atoms with Crippen LogP contribution in [0.3, 0.4) is 0 Å². The first-order chi connectivity index (χ1) is 8.28. The number of methoxy groups -OCH3 is 1. The van der Waals surface area contributed by atoms with E-state index in [0.717, 1.165) is 0 Å². The number of aldehydes is 2. The third kappa shape index (κ3) is 2.08. The molecule has 5 nitrogen and oxygen atoms in total. The van der Waals surface area contributed by atoms with E-state index in [2.05, 4.69) is 5.10 Å². The molecule has 2 aromatic rings. The Hall–Kier alpha value is -2.43. The van der Waals surface area contributed by atoms with Crippen molar-refractivity contribution in [1.29, 1.82) is 0 Å². The van der Waals surface area contributed by atoms with E-state index in [1.807, 2.05) is 0 Å². The highest BCUT2D eigenvalue weighted by atomic mass is 16.5. The van der Waals surface area contributed by atoms with Crippen molar-refractivity contribution in [1.82, 2.24) is 9.78 Å². The summed E-state index contributed by atoms with van der Waals surface area (Å²) in [6.07, 6.45) is 4.47. The maximum Gasteiger partial charge on any atom is 0.153 e. The third-order valence-corrected chi connectivity index (χ3v) is 2.34. The SMILES string of the molecule is COc1ccc(-n2cc(C=O)cn2)cc1C=O. The average molecular weight is 230 g/mol. The number of hydrogen-bond donors (Lipinski definition) is 0. The molecule has 86 valence electrons. The van der Waals surface area contributed by atoms with Gasteiger partial charge in [0.15, 0.2) is 12.6 Å². The van der Waals surface area contributed by atoms with Crippen molar-refractivity contribution in [2.75, 3.05) is 7.11 Å². The van der Waals surface area contributed by atoms with Gasteiger partial charge in [0.25, 0.3) is 0 Å². The van der Waals surface area contributed by atoms with Crippen LogP contribution in [0, 0.1) is 0 Å². The summed E-state index contributed by atoms with van der Waals surface area (Å²) < 4.78 is 6.56. The Morgan fingerprint density at radius 2 is 2.12 bits per heavy atom. The molecule has 0 spiro atoms. The van der Waals surface area contributed by atoms with E-state index in [9.17, 15) is 9.59 Å². The molecule has 0 saturated heterocycles. The average Bonchev–Trinajstić information content (AvgIpc) is 2.86. The summed E-state index contributed by atoms with van der Waals surface area (Å²) in [5.41, 5.74) is 1.61. The Kier molecular flexibility index (Phi) is 3.00. The number of carbonyl (C=O) groups excluding carboxylic acids is 2. The van der Waals surface area contributed by atoms with Gasteiger partial charge < -0.3 is 4.74 Å².